The second-order valence-corrected chi connectivity index (χ2v) is 4.59. The van der Waals surface area contributed by atoms with E-state index in [1.165, 1.54) is 12.8 Å². The second-order valence-electron chi connectivity index (χ2n) is 4.59. The molecule has 0 aromatic heterocycles. The van der Waals surface area contributed by atoms with E-state index < -0.39 is 0 Å². The summed E-state index contributed by atoms with van der Waals surface area (Å²) in [5.74, 6) is 0. The summed E-state index contributed by atoms with van der Waals surface area (Å²) < 4.78 is 10.3. The Bertz CT molecular complexity index is 162. The van der Waals surface area contributed by atoms with Crippen molar-refractivity contribution >= 4 is 0 Å². The van der Waals surface area contributed by atoms with Crippen LogP contribution in [0.2, 0.25) is 0 Å². The summed E-state index contributed by atoms with van der Waals surface area (Å²) in [5.41, 5.74) is 5.93. The van der Waals surface area contributed by atoms with E-state index in [1.807, 2.05) is 0 Å². The highest BCUT2D eigenvalue weighted by Gasteiger charge is 2.23. The van der Waals surface area contributed by atoms with Crippen molar-refractivity contribution in [3.63, 3.8) is 0 Å². The smallest absolute Gasteiger partial charge is 0.0589 e. The predicted molar refractivity (Wildman–Crippen MR) is 65.6 cm³/mol. The molecule has 0 aliphatic heterocycles. The summed E-state index contributed by atoms with van der Waals surface area (Å²) in [4.78, 5) is 2.49. The minimum Gasteiger partial charge on any atom is -0.383 e. The molecule has 0 spiro atoms. The van der Waals surface area contributed by atoms with E-state index in [2.05, 4.69) is 4.90 Å². The number of hydrogen-bond donors (Lipinski definition) is 1. The lowest BCUT2D eigenvalue weighted by molar-refractivity contribution is 0.0719. The van der Waals surface area contributed by atoms with Crippen LogP contribution in [0.15, 0.2) is 0 Å². The molecule has 1 aliphatic carbocycles. The Morgan fingerprint density at radius 3 is 1.94 bits per heavy atom. The van der Waals surface area contributed by atoms with E-state index in [1.54, 1.807) is 14.2 Å². The van der Waals surface area contributed by atoms with Crippen LogP contribution in [-0.2, 0) is 9.47 Å². The number of hydrogen-bond acceptors (Lipinski definition) is 4. The van der Waals surface area contributed by atoms with Gasteiger partial charge in [0.2, 0.25) is 0 Å². The Morgan fingerprint density at radius 1 is 1.00 bits per heavy atom. The van der Waals surface area contributed by atoms with Gasteiger partial charge in [-0.3, -0.25) is 4.90 Å². The molecular weight excluding hydrogens is 204 g/mol. The van der Waals surface area contributed by atoms with Gasteiger partial charge in [0.05, 0.1) is 13.2 Å². The molecule has 0 radical (unpaired) electrons. The molecule has 0 amide bonds. The van der Waals surface area contributed by atoms with E-state index in [-0.39, 0.29) is 0 Å². The van der Waals surface area contributed by atoms with E-state index in [4.69, 9.17) is 15.2 Å². The largest absolute Gasteiger partial charge is 0.383 e. The molecule has 4 heteroatoms. The van der Waals surface area contributed by atoms with Gasteiger partial charge in [-0.05, 0) is 25.7 Å². The quantitative estimate of drug-likeness (QED) is 0.704. The van der Waals surface area contributed by atoms with Crippen molar-refractivity contribution in [3.8, 4) is 0 Å². The third kappa shape index (κ3) is 4.78. The summed E-state index contributed by atoms with van der Waals surface area (Å²) in [6.45, 7) is 3.60. The van der Waals surface area contributed by atoms with Crippen LogP contribution in [-0.4, -0.2) is 57.5 Å². The maximum atomic E-state index is 5.93. The van der Waals surface area contributed by atoms with Crippen molar-refractivity contribution in [1.82, 2.24) is 4.90 Å². The third-order valence-electron chi connectivity index (χ3n) is 3.42. The molecule has 0 bridgehead atoms. The Labute approximate surface area is 99.1 Å². The average molecular weight is 230 g/mol. The molecule has 2 N–H and O–H groups in total. The van der Waals surface area contributed by atoms with Crippen molar-refractivity contribution in [2.45, 2.75) is 37.8 Å². The number of nitrogens with zero attached hydrogens (tertiary/aromatic N) is 1. The van der Waals surface area contributed by atoms with Crippen LogP contribution in [0.3, 0.4) is 0 Å². The minimum absolute atomic E-state index is 0.419. The van der Waals surface area contributed by atoms with Gasteiger partial charge in [-0.25, -0.2) is 0 Å². The zero-order valence-corrected chi connectivity index (χ0v) is 10.7. The molecule has 0 aromatic rings. The first-order valence-corrected chi connectivity index (χ1v) is 6.25. The first kappa shape index (κ1) is 13.9. The van der Waals surface area contributed by atoms with E-state index in [9.17, 15) is 0 Å². The van der Waals surface area contributed by atoms with Crippen molar-refractivity contribution in [2.24, 2.45) is 5.73 Å². The lowest BCUT2D eigenvalue weighted by Gasteiger charge is -2.35. The van der Waals surface area contributed by atoms with Crippen LogP contribution in [0.4, 0.5) is 0 Å². The maximum Gasteiger partial charge on any atom is 0.0589 e. The third-order valence-corrected chi connectivity index (χ3v) is 3.42. The molecule has 4 nitrogen and oxygen atoms in total. The van der Waals surface area contributed by atoms with E-state index in [0.29, 0.717) is 12.1 Å². The lowest BCUT2D eigenvalue weighted by Crippen LogP contribution is -2.43. The molecule has 0 atom stereocenters. The molecule has 96 valence electrons. The summed E-state index contributed by atoms with van der Waals surface area (Å²) in [5, 5.41) is 0. The van der Waals surface area contributed by atoms with Gasteiger partial charge in [0.15, 0.2) is 0 Å². The Balaban J connectivity index is 2.34. The predicted octanol–water partition coefficient (Wildman–Crippen LogP) is 0.851. The minimum atomic E-state index is 0.419. The average Bonchev–Trinajstić information content (AvgIpc) is 2.31. The first-order valence-electron chi connectivity index (χ1n) is 6.25. The van der Waals surface area contributed by atoms with Gasteiger partial charge in [-0.15, -0.1) is 0 Å². The van der Waals surface area contributed by atoms with Crippen molar-refractivity contribution < 1.29 is 9.47 Å². The SMILES string of the molecule is COCCN(CCOC)[C@H]1CC[C@H](N)CC1. The molecule has 1 fully saturated rings. The van der Waals surface area contributed by atoms with E-state index in [0.717, 1.165) is 39.1 Å². The molecule has 0 saturated heterocycles. The fraction of sp³-hybridized carbons (Fsp3) is 1.00. The first-order chi connectivity index (χ1) is 7.77. The Kier molecular flexibility index (Phi) is 6.96. The van der Waals surface area contributed by atoms with Gasteiger partial charge in [0.1, 0.15) is 0 Å². The fourth-order valence-electron chi connectivity index (χ4n) is 2.36. The molecule has 1 saturated carbocycles. The molecule has 0 aromatic carbocycles. The van der Waals surface area contributed by atoms with Crippen LogP contribution in [0, 0.1) is 0 Å². The maximum absolute atomic E-state index is 5.93. The molecule has 0 heterocycles. The van der Waals surface area contributed by atoms with Crippen LogP contribution < -0.4 is 5.73 Å². The van der Waals surface area contributed by atoms with E-state index >= 15 is 0 Å². The standard InChI is InChI=1S/C12H26N2O2/c1-15-9-7-14(8-10-16-2)12-5-3-11(13)4-6-12/h11-12H,3-10,13H2,1-2H3/t11-,12-. The molecular formula is C12H26N2O2. The number of ether oxygens (including phenoxy) is 2. The molecule has 0 unspecified atom stereocenters. The van der Waals surface area contributed by atoms with Gasteiger partial charge in [-0.1, -0.05) is 0 Å². The highest BCUT2D eigenvalue weighted by atomic mass is 16.5. The lowest BCUT2D eigenvalue weighted by atomic mass is 9.91. The van der Waals surface area contributed by atoms with Crippen molar-refractivity contribution in [3.05, 3.63) is 0 Å². The number of rotatable bonds is 7. The summed E-state index contributed by atoms with van der Waals surface area (Å²) in [6.07, 6.45) is 4.74. The number of methoxy groups -OCH3 is 2. The van der Waals surface area contributed by atoms with Gasteiger partial charge < -0.3 is 15.2 Å². The zero-order chi connectivity index (χ0) is 11.8. The zero-order valence-electron chi connectivity index (χ0n) is 10.7. The monoisotopic (exact) mass is 230 g/mol. The Morgan fingerprint density at radius 2 is 1.50 bits per heavy atom. The molecule has 16 heavy (non-hydrogen) atoms. The number of nitrogens with two attached hydrogens (primary N) is 1. The van der Waals surface area contributed by atoms with Gasteiger partial charge in [-0.2, -0.15) is 0 Å². The van der Waals surface area contributed by atoms with Gasteiger partial charge in [0, 0.05) is 39.4 Å². The van der Waals surface area contributed by atoms with Crippen molar-refractivity contribution in [2.75, 3.05) is 40.5 Å². The van der Waals surface area contributed by atoms with Gasteiger partial charge >= 0.3 is 0 Å². The Hall–Kier alpha value is -0.160. The normalized spacial score (nSPS) is 26.2. The molecule has 1 rings (SSSR count). The molecule has 1 aliphatic rings. The highest BCUT2D eigenvalue weighted by Crippen LogP contribution is 2.21. The fourth-order valence-corrected chi connectivity index (χ4v) is 2.36. The second kappa shape index (κ2) is 8.01. The summed E-state index contributed by atoms with van der Waals surface area (Å²) in [7, 11) is 3.51. The van der Waals surface area contributed by atoms with Crippen LogP contribution >= 0.6 is 0 Å². The topological polar surface area (TPSA) is 47.7 Å². The highest BCUT2D eigenvalue weighted by molar-refractivity contribution is 4.81. The van der Waals surface area contributed by atoms with Crippen LogP contribution in [0.5, 0.6) is 0 Å². The van der Waals surface area contributed by atoms with Crippen LogP contribution in [0.25, 0.3) is 0 Å². The van der Waals surface area contributed by atoms with Gasteiger partial charge in [0.25, 0.3) is 0 Å². The summed E-state index contributed by atoms with van der Waals surface area (Å²) >= 11 is 0. The summed E-state index contributed by atoms with van der Waals surface area (Å²) in [6, 6.07) is 1.09. The van der Waals surface area contributed by atoms with Crippen LogP contribution in [0.1, 0.15) is 25.7 Å². The van der Waals surface area contributed by atoms with Crippen molar-refractivity contribution in [1.29, 1.82) is 0 Å².